The molecule has 0 aliphatic carbocycles. The number of thiophene rings is 1. The van der Waals surface area contributed by atoms with Crippen molar-refractivity contribution in [1.29, 1.82) is 5.26 Å². The lowest BCUT2D eigenvalue weighted by molar-refractivity contribution is 0.418. The number of nitriles is 1. The lowest BCUT2D eigenvalue weighted by Crippen LogP contribution is -2.36. The third kappa shape index (κ3) is 2.31. The standard InChI is InChI=1S/C11H15N3OS2/c1-7-6-14(3-4-16-7)11-10(15-2)9(13)8(5-12)17-11/h7H,3-4,6,13H2,1-2H3. The number of thioether (sulfide) groups is 1. The molecule has 0 amide bonds. The number of nitrogens with zero attached hydrogens (tertiary/aromatic N) is 2. The number of methoxy groups -OCH3 is 1. The van der Waals surface area contributed by atoms with Crippen molar-refractivity contribution < 1.29 is 4.74 Å². The van der Waals surface area contributed by atoms with E-state index in [1.54, 1.807) is 7.11 Å². The molecule has 0 saturated carbocycles. The number of nitrogen functional groups attached to an aromatic ring is 1. The van der Waals surface area contributed by atoms with Gasteiger partial charge < -0.3 is 15.4 Å². The van der Waals surface area contributed by atoms with Crippen LogP contribution in [0.5, 0.6) is 5.75 Å². The number of ether oxygens (including phenoxy) is 1. The first-order chi connectivity index (χ1) is 8.17. The topological polar surface area (TPSA) is 62.3 Å². The summed E-state index contributed by atoms with van der Waals surface area (Å²) in [5.74, 6) is 1.76. The van der Waals surface area contributed by atoms with E-state index in [9.17, 15) is 0 Å². The van der Waals surface area contributed by atoms with Gasteiger partial charge in [0.05, 0.1) is 7.11 Å². The van der Waals surface area contributed by atoms with Crippen molar-refractivity contribution in [3.63, 3.8) is 0 Å². The van der Waals surface area contributed by atoms with Crippen LogP contribution in [0.15, 0.2) is 0 Å². The van der Waals surface area contributed by atoms with Gasteiger partial charge in [-0.3, -0.25) is 0 Å². The van der Waals surface area contributed by atoms with Gasteiger partial charge in [-0.05, 0) is 0 Å². The van der Waals surface area contributed by atoms with Gasteiger partial charge in [-0.15, -0.1) is 11.3 Å². The second-order valence-electron chi connectivity index (χ2n) is 3.92. The van der Waals surface area contributed by atoms with Crippen molar-refractivity contribution in [2.45, 2.75) is 12.2 Å². The molecule has 0 aromatic carbocycles. The van der Waals surface area contributed by atoms with Gasteiger partial charge in [0.2, 0.25) is 0 Å². The molecule has 92 valence electrons. The van der Waals surface area contributed by atoms with Gasteiger partial charge in [0.25, 0.3) is 0 Å². The molecule has 1 unspecified atom stereocenters. The Bertz CT molecular complexity index is 452. The first kappa shape index (κ1) is 12.4. The lowest BCUT2D eigenvalue weighted by Gasteiger charge is -2.31. The molecule has 0 spiro atoms. The second-order valence-corrected chi connectivity index (χ2v) is 6.47. The van der Waals surface area contributed by atoms with Crippen LogP contribution < -0.4 is 15.4 Å². The molecule has 0 bridgehead atoms. The van der Waals surface area contributed by atoms with Crippen LogP contribution in [0.2, 0.25) is 0 Å². The molecule has 1 aromatic rings. The molecule has 1 aromatic heterocycles. The Balaban J connectivity index is 2.34. The summed E-state index contributed by atoms with van der Waals surface area (Å²) >= 11 is 3.40. The van der Waals surface area contributed by atoms with E-state index < -0.39 is 0 Å². The summed E-state index contributed by atoms with van der Waals surface area (Å²) in [6.45, 7) is 4.17. The van der Waals surface area contributed by atoms with Crippen molar-refractivity contribution in [3.05, 3.63) is 4.88 Å². The molecule has 6 heteroatoms. The number of anilines is 2. The predicted octanol–water partition coefficient (Wildman–Crippen LogP) is 2.15. The molecule has 1 atom stereocenters. The minimum atomic E-state index is 0.473. The highest BCUT2D eigenvalue weighted by Crippen LogP contribution is 2.45. The largest absolute Gasteiger partial charge is 0.492 e. The molecular weight excluding hydrogens is 254 g/mol. The van der Waals surface area contributed by atoms with Crippen LogP contribution >= 0.6 is 23.1 Å². The van der Waals surface area contributed by atoms with Crippen LogP contribution in [0.3, 0.4) is 0 Å². The zero-order chi connectivity index (χ0) is 12.4. The molecule has 4 nitrogen and oxygen atoms in total. The SMILES string of the molecule is COc1c(N2CCSC(C)C2)sc(C#N)c1N. The fourth-order valence-corrected chi connectivity index (χ4v) is 3.94. The summed E-state index contributed by atoms with van der Waals surface area (Å²) in [7, 11) is 1.60. The van der Waals surface area contributed by atoms with E-state index in [4.69, 9.17) is 15.7 Å². The maximum absolute atomic E-state index is 9.00. The minimum Gasteiger partial charge on any atom is -0.492 e. The number of hydrogen-bond acceptors (Lipinski definition) is 6. The van der Waals surface area contributed by atoms with Gasteiger partial charge in [-0.2, -0.15) is 17.0 Å². The quantitative estimate of drug-likeness (QED) is 0.891. The minimum absolute atomic E-state index is 0.473. The number of nitrogens with two attached hydrogens (primary N) is 1. The molecule has 17 heavy (non-hydrogen) atoms. The van der Waals surface area contributed by atoms with Crippen LogP contribution in [-0.2, 0) is 0 Å². The van der Waals surface area contributed by atoms with E-state index in [1.807, 2.05) is 11.8 Å². The van der Waals surface area contributed by atoms with Crippen molar-refractivity contribution in [2.24, 2.45) is 0 Å². The molecule has 0 radical (unpaired) electrons. The molecular formula is C11H15N3OS2. The van der Waals surface area contributed by atoms with E-state index in [-0.39, 0.29) is 0 Å². The highest BCUT2D eigenvalue weighted by molar-refractivity contribution is 8.00. The zero-order valence-corrected chi connectivity index (χ0v) is 11.5. The summed E-state index contributed by atoms with van der Waals surface area (Å²) in [5.41, 5.74) is 6.37. The van der Waals surface area contributed by atoms with Crippen molar-refractivity contribution in [3.8, 4) is 11.8 Å². The Morgan fingerprint density at radius 3 is 2.94 bits per heavy atom. The smallest absolute Gasteiger partial charge is 0.177 e. The zero-order valence-electron chi connectivity index (χ0n) is 9.90. The summed E-state index contributed by atoms with van der Waals surface area (Å²) < 4.78 is 5.33. The van der Waals surface area contributed by atoms with Crippen LogP contribution in [-0.4, -0.2) is 31.2 Å². The average molecular weight is 269 g/mol. The molecule has 1 aliphatic rings. The van der Waals surface area contributed by atoms with Gasteiger partial charge in [0.15, 0.2) is 5.75 Å². The lowest BCUT2D eigenvalue weighted by atomic mass is 10.3. The Morgan fingerprint density at radius 2 is 2.35 bits per heavy atom. The summed E-state index contributed by atoms with van der Waals surface area (Å²) in [4.78, 5) is 2.81. The third-order valence-electron chi connectivity index (χ3n) is 2.72. The first-order valence-corrected chi connectivity index (χ1v) is 7.26. The first-order valence-electron chi connectivity index (χ1n) is 5.40. The van der Waals surface area contributed by atoms with Crippen molar-refractivity contribution in [2.75, 3.05) is 36.6 Å². The summed E-state index contributed by atoms with van der Waals surface area (Å²) in [6, 6.07) is 2.12. The van der Waals surface area contributed by atoms with Crippen LogP contribution in [0.1, 0.15) is 11.8 Å². The fourth-order valence-electron chi connectivity index (χ4n) is 1.91. The average Bonchev–Trinajstić information content (AvgIpc) is 2.65. The normalized spacial score (nSPS) is 20.1. The van der Waals surface area contributed by atoms with E-state index >= 15 is 0 Å². The van der Waals surface area contributed by atoms with Gasteiger partial charge in [0.1, 0.15) is 21.6 Å². The highest BCUT2D eigenvalue weighted by Gasteiger charge is 2.25. The fraction of sp³-hybridized carbons (Fsp3) is 0.545. The second kappa shape index (κ2) is 5.07. The Kier molecular flexibility index (Phi) is 3.69. The molecule has 1 fully saturated rings. The maximum atomic E-state index is 9.00. The number of hydrogen-bond donors (Lipinski definition) is 1. The third-order valence-corrected chi connectivity index (χ3v) is 5.00. The van der Waals surface area contributed by atoms with Crippen LogP contribution in [0.4, 0.5) is 10.7 Å². The molecule has 2 heterocycles. The van der Waals surface area contributed by atoms with E-state index in [1.165, 1.54) is 11.3 Å². The predicted molar refractivity (Wildman–Crippen MR) is 74.1 cm³/mol. The summed E-state index contributed by atoms with van der Waals surface area (Å²) in [5, 5.41) is 10.6. The van der Waals surface area contributed by atoms with Gasteiger partial charge >= 0.3 is 0 Å². The number of rotatable bonds is 2. The van der Waals surface area contributed by atoms with Gasteiger partial charge in [-0.1, -0.05) is 6.92 Å². The van der Waals surface area contributed by atoms with Crippen LogP contribution in [0, 0.1) is 11.3 Å². The van der Waals surface area contributed by atoms with E-state index in [0.717, 1.165) is 23.8 Å². The van der Waals surface area contributed by atoms with Crippen LogP contribution in [0.25, 0.3) is 0 Å². The van der Waals surface area contributed by atoms with Gasteiger partial charge in [-0.25, -0.2) is 0 Å². The molecule has 1 saturated heterocycles. The highest BCUT2D eigenvalue weighted by atomic mass is 32.2. The van der Waals surface area contributed by atoms with Crippen molar-refractivity contribution in [1.82, 2.24) is 0 Å². The summed E-state index contributed by atoms with van der Waals surface area (Å²) in [6.07, 6.45) is 0. The van der Waals surface area contributed by atoms with Gasteiger partial charge in [0, 0.05) is 24.1 Å². The van der Waals surface area contributed by atoms with Crippen molar-refractivity contribution >= 4 is 33.8 Å². The Morgan fingerprint density at radius 1 is 1.59 bits per heavy atom. The monoisotopic (exact) mass is 269 g/mol. The molecule has 2 N–H and O–H groups in total. The molecule has 1 aliphatic heterocycles. The maximum Gasteiger partial charge on any atom is 0.177 e. The van der Waals surface area contributed by atoms with E-state index in [2.05, 4.69) is 17.9 Å². The Labute approximate surface area is 109 Å². The van der Waals surface area contributed by atoms with E-state index in [0.29, 0.717) is 21.6 Å². The Hall–Kier alpha value is -1.06. The molecule has 2 rings (SSSR count).